The van der Waals surface area contributed by atoms with Gasteiger partial charge in [-0.15, -0.1) is 0 Å². The van der Waals surface area contributed by atoms with E-state index >= 15 is 0 Å². The Kier molecular flexibility index (Phi) is 7.17. The average molecular weight is 404 g/mol. The van der Waals surface area contributed by atoms with Gasteiger partial charge in [0.05, 0.1) is 17.4 Å². The number of rotatable bonds is 3. The SMILES string of the molecule is O=C(/C=C/c1cc2c(cn1)[nH]c1ccccc12)NC1CCCCCCCCCCC1. The first-order chi connectivity index (χ1) is 14.8. The minimum atomic E-state index is -0.00656. The van der Waals surface area contributed by atoms with Crippen LogP contribution in [0.25, 0.3) is 27.9 Å². The Morgan fingerprint density at radius 2 is 1.57 bits per heavy atom. The van der Waals surface area contributed by atoms with Crippen molar-refractivity contribution in [2.45, 2.75) is 76.7 Å². The number of para-hydroxylation sites is 1. The molecule has 0 aliphatic heterocycles. The number of hydrogen-bond acceptors (Lipinski definition) is 2. The minimum absolute atomic E-state index is 0.00656. The molecule has 0 radical (unpaired) electrons. The largest absolute Gasteiger partial charge is 0.353 e. The summed E-state index contributed by atoms with van der Waals surface area (Å²) < 4.78 is 0. The van der Waals surface area contributed by atoms with Crippen molar-refractivity contribution in [2.75, 3.05) is 0 Å². The van der Waals surface area contributed by atoms with Gasteiger partial charge in [-0.1, -0.05) is 76.0 Å². The van der Waals surface area contributed by atoms with Crippen molar-refractivity contribution in [3.8, 4) is 0 Å². The molecular weight excluding hydrogens is 370 g/mol. The lowest BCUT2D eigenvalue weighted by molar-refractivity contribution is -0.117. The Hall–Kier alpha value is -2.62. The highest BCUT2D eigenvalue weighted by Crippen LogP contribution is 2.25. The Morgan fingerprint density at radius 3 is 2.30 bits per heavy atom. The number of hydrogen-bond donors (Lipinski definition) is 2. The van der Waals surface area contributed by atoms with E-state index in [1.165, 1.54) is 63.2 Å². The number of amides is 1. The standard InChI is InChI=1S/C26H33N3O/c30-26(28-20-12-8-6-4-2-1-3-5-7-9-13-20)17-16-21-18-23-22-14-10-11-15-24(22)29-25(23)19-27-21/h10-11,14-20,29H,1-9,12-13H2,(H,28,30)/b17-16+. The van der Waals surface area contributed by atoms with Crippen LogP contribution in [0.4, 0.5) is 0 Å². The van der Waals surface area contributed by atoms with Crippen molar-refractivity contribution < 1.29 is 4.79 Å². The molecule has 2 heterocycles. The van der Waals surface area contributed by atoms with Gasteiger partial charge in [-0.3, -0.25) is 9.78 Å². The number of nitrogens with zero attached hydrogens (tertiary/aromatic N) is 1. The second-order valence-electron chi connectivity index (χ2n) is 8.62. The maximum absolute atomic E-state index is 12.6. The molecule has 0 saturated heterocycles. The van der Waals surface area contributed by atoms with E-state index < -0.39 is 0 Å². The summed E-state index contributed by atoms with van der Waals surface area (Å²) in [4.78, 5) is 20.4. The first-order valence-corrected chi connectivity index (χ1v) is 11.6. The van der Waals surface area contributed by atoms with Crippen molar-refractivity contribution >= 4 is 33.8 Å². The number of carbonyl (C=O) groups excluding carboxylic acids is 1. The van der Waals surface area contributed by atoms with Crippen molar-refractivity contribution in [3.05, 3.63) is 48.3 Å². The van der Waals surface area contributed by atoms with Gasteiger partial charge in [0.25, 0.3) is 0 Å². The van der Waals surface area contributed by atoms with Gasteiger partial charge >= 0.3 is 0 Å². The van der Waals surface area contributed by atoms with E-state index in [0.717, 1.165) is 35.0 Å². The smallest absolute Gasteiger partial charge is 0.244 e. The van der Waals surface area contributed by atoms with E-state index in [1.807, 2.05) is 30.5 Å². The number of H-pyrrole nitrogens is 1. The highest BCUT2D eigenvalue weighted by molar-refractivity contribution is 6.07. The third kappa shape index (κ3) is 5.50. The maximum Gasteiger partial charge on any atom is 0.244 e. The van der Waals surface area contributed by atoms with Crippen molar-refractivity contribution in [1.82, 2.24) is 15.3 Å². The Morgan fingerprint density at radius 1 is 0.900 bits per heavy atom. The minimum Gasteiger partial charge on any atom is -0.353 e. The van der Waals surface area contributed by atoms with Gasteiger partial charge in [-0.2, -0.15) is 0 Å². The number of nitrogens with one attached hydrogen (secondary N) is 2. The lowest BCUT2D eigenvalue weighted by Crippen LogP contribution is -2.33. The molecule has 0 bridgehead atoms. The Labute approximate surface area is 179 Å². The summed E-state index contributed by atoms with van der Waals surface area (Å²) in [5, 5.41) is 5.56. The van der Waals surface area contributed by atoms with Gasteiger partial charge < -0.3 is 10.3 Å². The molecule has 0 unspecified atom stereocenters. The van der Waals surface area contributed by atoms with Crippen LogP contribution >= 0.6 is 0 Å². The van der Waals surface area contributed by atoms with Gasteiger partial charge in [0.1, 0.15) is 0 Å². The predicted molar refractivity (Wildman–Crippen MR) is 125 cm³/mol. The number of aromatic amines is 1. The van der Waals surface area contributed by atoms with Crippen LogP contribution in [-0.4, -0.2) is 21.9 Å². The van der Waals surface area contributed by atoms with Crippen molar-refractivity contribution in [3.63, 3.8) is 0 Å². The van der Waals surface area contributed by atoms with Crippen LogP contribution in [0, 0.1) is 0 Å². The van der Waals surface area contributed by atoms with Crippen LogP contribution in [-0.2, 0) is 4.79 Å². The molecule has 1 aromatic carbocycles. The number of aromatic nitrogens is 2. The molecule has 1 aliphatic rings. The highest BCUT2D eigenvalue weighted by atomic mass is 16.1. The topological polar surface area (TPSA) is 57.8 Å². The summed E-state index contributed by atoms with van der Waals surface area (Å²) in [5.74, 6) is -0.00656. The lowest BCUT2D eigenvalue weighted by Gasteiger charge is -2.18. The molecular formula is C26H33N3O. The summed E-state index contributed by atoms with van der Waals surface area (Å²) in [5.41, 5.74) is 2.93. The number of benzene rings is 1. The molecule has 0 spiro atoms. The first kappa shape index (κ1) is 20.6. The van der Waals surface area contributed by atoms with Crippen LogP contribution < -0.4 is 5.32 Å². The second kappa shape index (κ2) is 10.4. The molecule has 1 aliphatic carbocycles. The third-order valence-electron chi connectivity index (χ3n) is 6.27. The van der Waals surface area contributed by atoms with Gasteiger partial charge in [0.15, 0.2) is 0 Å². The average Bonchev–Trinajstić information content (AvgIpc) is 3.12. The van der Waals surface area contributed by atoms with E-state index in [-0.39, 0.29) is 5.91 Å². The first-order valence-electron chi connectivity index (χ1n) is 11.6. The molecule has 1 fully saturated rings. The van der Waals surface area contributed by atoms with E-state index in [0.29, 0.717) is 6.04 Å². The Balaban J connectivity index is 1.38. The van der Waals surface area contributed by atoms with Crippen LogP contribution in [0.3, 0.4) is 0 Å². The zero-order valence-electron chi connectivity index (χ0n) is 17.8. The van der Waals surface area contributed by atoms with Gasteiger partial charge in [-0.25, -0.2) is 0 Å². The molecule has 4 rings (SSSR count). The number of fused-ring (bicyclic) bond motifs is 3. The predicted octanol–water partition coefficient (Wildman–Crippen LogP) is 6.52. The fourth-order valence-electron chi connectivity index (χ4n) is 4.58. The molecule has 1 saturated carbocycles. The fourth-order valence-corrected chi connectivity index (χ4v) is 4.58. The van der Waals surface area contributed by atoms with Gasteiger partial charge in [0, 0.05) is 28.4 Å². The molecule has 4 nitrogen and oxygen atoms in total. The summed E-state index contributed by atoms with van der Waals surface area (Å²) in [6, 6.07) is 10.6. The normalized spacial score (nSPS) is 17.7. The maximum atomic E-state index is 12.6. The van der Waals surface area contributed by atoms with Crippen LogP contribution in [0.2, 0.25) is 0 Å². The molecule has 2 N–H and O–H groups in total. The summed E-state index contributed by atoms with van der Waals surface area (Å²) in [6.45, 7) is 0. The number of carbonyl (C=O) groups is 1. The zero-order valence-corrected chi connectivity index (χ0v) is 17.8. The lowest BCUT2D eigenvalue weighted by atomic mass is 9.98. The van der Waals surface area contributed by atoms with Crippen molar-refractivity contribution in [1.29, 1.82) is 0 Å². The zero-order chi connectivity index (χ0) is 20.6. The van der Waals surface area contributed by atoms with Gasteiger partial charge in [0.2, 0.25) is 5.91 Å². The summed E-state index contributed by atoms with van der Waals surface area (Å²) in [6.07, 6.45) is 19.3. The van der Waals surface area contributed by atoms with Crippen LogP contribution in [0.15, 0.2) is 42.6 Å². The van der Waals surface area contributed by atoms with Crippen molar-refractivity contribution in [2.24, 2.45) is 0 Å². The monoisotopic (exact) mass is 403 g/mol. The van der Waals surface area contributed by atoms with E-state index in [1.54, 1.807) is 6.08 Å². The molecule has 0 atom stereocenters. The molecule has 158 valence electrons. The van der Waals surface area contributed by atoms with E-state index in [9.17, 15) is 4.79 Å². The van der Waals surface area contributed by atoms with E-state index in [4.69, 9.17) is 0 Å². The highest BCUT2D eigenvalue weighted by Gasteiger charge is 2.11. The molecule has 4 heteroatoms. The molecule has 1 amide bonds. The Bertz CT molecular complexity index is 992. The third-order valence-corrected chi connectivity index (χ3v) is 6.27. The second-order valence-corrected chi connectivity index (χ2v) is 8.62. The van der Waals surface area contributed by atoms with Crippen LogP contribution in [0.5, 0.6) is 0 Å². The summed E-state index contributed by atoms with van der Waals surface area (Å²) >= 11 is 0. The molecule has 2 aromatic heterocycles. The molecule has 30 heavy (non-hydrogen) atoms. The van der Waals surface area contributed by atoms with E-state index in [2.05, 4.69) is 27.4 Å². The fraction of sp³-hybridized carbons (Fsp3) is 0.462. The van der Waals surface area contributed by atoms with Crippen LogP contribution in [0.1, 0.15) is 76.3 Å². The molecule has 3 aromatic rings. The number of pyridine rings is 1. The van der Waals surface area contributed by atoms with Gasteiger partial charge in [-0.05, 0) is 31.1 Å². The quantitative estimate of drug-likeness (QED) is 0.489. The summed E-state index contributed by atoms with van der Waals surface area (Å²) in [7, 11) is 0.